The van der Waals surface area contributed by atoms with Crippen molar-refractivity contribution in [3.8, 4) is 11.1 Å². The number of nitrogens with two attached hydrogens (primary N) is 1. The molecule has 0 atom stereocenters. The first-order chi connectivity index (χ1) is 17.3. The number of carbonyl (C=O) groups excluding carboxylic acids is 1. The maximum atomic E-state index is 13.2. The average Bonchev–Trinajstić information content (AvgIpc) is 2.85. The van der Waals surface area contributed by atoms with Gasteiger partial charge in [-0.15, -0.1) is 0 Å². The van der Waals surface area contributed by atoms with Gasteiger partial charge in [0, 0.05) is 29.8 Å². The molecule has 4 rings (SSSR count). The normalized spacial score (nSPS) is 11.7. The first kappa shape index (κ1) is 24.4. The molecule has 2 aromatic heterocycles. The largest absolute Gasteiger partial charge is 0.418 e. The van der Waals surface area contributed by atoms with Crippen molar-refractivity contribution in [2.24, 2.45) is 10.7 Å². The van der Waals surface area contributed by atoms with Crippen LogP contribution < -0.4 is 16.4 Å². The van der Waals surface area contributed by atoms with Gasteiger partial charge in [-0.05, 0) is 53.6 Å². The van der Waals surface area contributed by atoms with E-state index >= 15 is 0 Å². The molecule has 0 aliphatic rings. The lowest BCUT2D eigenvalue weighted by Crippen LogP contribution is -2.24. The van der Waals surface area contributed by atoms with Crippen molar-refractivity contribution in [1.82, 2.24) is 9.97 Å². The molecule has 4 aromatic rings. The number of rotatable bonds is 6. The highest BCUT2D eigenvalue weighted by molar-refractivity contribution is 5.94. The number of nitrogens with zero attached hydrogens (tertiary/aromatic N) is 3. The van der Waals surface area contributed by atoms with Crippen LogP contribution in [0.5, 0.6) is 0 Å². The number of guanidine groups is 1. The predicted molar refractivity (Wildman–Crippen MR) is 133 cm³/mol. The number of hydrogen-bond donors (Lipinski definition) is 3. The number of aromatic nitrogens is 2. The van der Waals surface area contributed by atoms with E-state index in [9.17, 15) is 18.0 Å². The van der Waals surface area contributed by atoms with Gasteiger partial charge in [0.1, 0.15) is 0 Å². The maximum Gasteiger partial charge on any atom is 0.418 e. The summed E-state index contributed by atoms with van der Waals surface area (Å²) in [6.45, 7) is 0. The Balaban J connectivity index is 1.39. The van der Waals surface area contributed by atoms with Gasteiger partial charge in [0.05, 0.1) is 17.7 Å². The van der Waals surface area contributed by atoms with Gasteiger partial charge in [0.25, 0.3) is 0 Å². The van der Waals surface area contributed by atoms with Crippen LogP contribution in [0.15, 0.2) is 96.4 Å². The highest BCUT2D eigenvalue weighted by Gasteiger charge is 2.33. The van der Waals surface area contributed by atoms with Gasteiger partial charge in [-0.1, -0.05) is 30.3 Å². The van der Waals surface area contributed by atoms with Gasteiger partial charge in [0.2, 0.25) is 5.91 Å². The molecule has 1 amide bonds. The van der Waals surface area contributed by atoms with E-state index in [2.05, 4.69) is 25.6 Å². The summed E-state index contributed by atoms with van der Waals surface area (Å²) < 4.78 is 39.5. The molecule has 0 bridgehead atoms. The van der Waals surface area contributed by atoms with E-state index in [1.807, 2.05) is 18.2 Å². The fourth-order valence-corrected chi connectivity index (χ4v) is 3.39. The fraction of sp³-hybridized carbons (Fsp3) is 0.0769. The molecule has 0 aliphatic heterocycles. The third-order valence-electron chi connectivity index (χ3n) is 5.07. The second kappa shape index (κ2) is 10.7. The van der Waals surface area contributed by atoms with Crippen LogP contribution in [-0.2, 0) is 17.4 Å². The molecule has 182 valence electrons. The molecule has 0 aliphatic carbocycles. The molecular weight excluding hydrogens is 469 g/mol. The van der Waals surface area contributed by atoms with E-state index in [4.69, 9.17) is 5.73 Å². The summed E-state index contributed by atoms with van der Waals surface area (Å²) >= 11 is 0. The number of carbonyl (C=O) groups is 1. The molecule has 0 spiro atoms. The number of nitrogens with one attached hydrogen (secondary N) is 2. The van der Waals surface area contributed by atoms with E-state index in [-0.39, 0.29) is 29.8 Å². The van der Waals surface area contributed by atoms with E-state index in [1.165, 1.54) is 18.2 Å². The third kappa shape index (κ3) is 6.44. The van der Waals surface area contributed by atoms with E-state index in [0.717, 1.165) is 22.8 Å². The zero-order chi connectivity index (χ0) is 25.5. The number of hydrogen-bond acceptors (Lipinski definition) is 4. The molecule has 4 N–H and O–H groups in total. The highest BCUT2D eigenvalue weighted by atomic mass is 19.4. The number of halogens is 3. The first-order valence-electron chi connectivity index (χ1n) is 10.8. The van der Waals surface area contributed by atoms with Crippen molar-refractivity contribution in [1.29, 1.82) is 0 Å². The Morgan fingerprint density at radius 1 is 0.889 bits per heavy atom. The highest BCUT2D eigenvalue weighted by Crippen LogP contribution is 2.34. The summed E-state index contributed by atoms with van der Waals surface area (Å²) in [5, 5.41) is 5.32. The Hall–Kier alpha value is -4.73. The van der Waals surface area contributed by atoms with E-state index in [0.29, 0.717) is 5.69 Å². The predicted octanol–water partition coefficient (Wildman–Crippen LogP) is 5.40. The van der Waals surface area contributed by atoms with Gasteiger partial charge in [-0.2, -0.15) is 18.2 Å². The zero-order valence-electron chi connectivity index (χ0n) is 18.8. The molecule has 0 radical (unpaired) electrons. The number of para-hydroxylation sites is 1. The Morgan fingerprint density at radius 3 is 2.31 bits per heavy atom. The van der Waals surface area contributed by atoms with Gasteiger partial charge < -0.3 is 16.4 Å². The number of pyridine rings is 2. The third-order valence-corrected chi connectivity index (χ3v) is 5.07. The average molecular weight is 490 g/mol. The summed E-state index contributed by atoms with van der Waals surface area (Å²) in [5.74, 6) is -0.144. The number of benzene rings is 2. The lowest BCUT2D eigenvalue weighted by molar-refractivity contribution is -0.136. The van der Waals surface area contributed by atoms with Crippen molar-refractivity contribution >= 4 is 29.1 Å². The van der Waals surface area contributed by atoms with Crippen molar-refractivity contribution in [2.75, 3.05) is 10.6 Å². The first-order valence-corrected chi connectivity index (χ1v) is 10.8. The van der Waals surface area contributed by atoms with Crippen molar-refractivity contribution < 1.29 is 18.0 Å². The number of anilines is 2. The molecule has 10 heteroatoms. The topological polar surface area (TPSA) is 105 Å². The monoisotopic (exact) mass is 490 g/mol. The SMILES string of the molecule is NC(=Nc1ccc(-c2ccc(NC(=O)Cc3cccnc3)cc2)cn1)Nc1ccccc1C(F)(F)F. The van der Waals surface area contributed by atoms with Crippen molar-refractivity contribution in [2.45, 2.75) is 12.6 Å². The van der Waals surface area contributed by atoms with Crippen LogP contribution in [0.4, 0.5) is 30.4 Å². The summed E-state index contributed by atoms with van der Waals surface area (Å²) in [6.07, 6.45) is 0.570. The van der Waals surface area contributed by atoms with Gasteiger partial charge in [-0.3, -0.25) is 9.78 Å². The molecule has 2 aromatic carbocycles. The second-order valence-electron chi connectivity index (χ2n) is 7.73. The summed E-state index contributed by atoms with van der Waals surface area (Å²) in [5.41, 5.74) is 7.87. The van der Waals surface area contributed by atoms with Crippen molar-refractivity contribution in [3.63, 3.8) is 0 Å². The minimum atomic E-state index is -4.53. The van der Waals surface area contributed by atoms with E-state index in [1.54, 1.807) is 48.9 Å². The minimum Gasteiger partial charge on any atom is -0.369 e. The van der Waals surface area contributed by atoms with Crippen molar-refractivity contribution in [3.05, 3.63) is 103 Å². The number of amides is 1. The second-order valence-corrected chi connectivity index (χ2v) is 7.73. The van der Waals surface area contributed by atoms with Crippen LogP contribution >= 0.6 is 0 Å². The van der Waals surface area contributed by atoms with Crippen LogP contribution in [0.2, 0.25) is 0 Å². The summed E-state index contributed by atoms with van der Waals surface area (Å²) in [4.78, 5) is 24.5. The smallest absolute Gasteiger partial charge is 0.369 e. The molecule has 7 nitrogen and oxygen atoms in total. The molecule has 0 fully saturated rings. The summed E-state index contributed by atoms with van der Waals surface area (Å²) in [7, 11) is 0. The van der Waals surface area contributed by atoms with E-state index < -0.39 is 11.7 Å². The Morgan fingerprint density at radius 2 is 1.64 bits per heavy atom. The van der Waals surface area contributed by atoms with Gasteiger partial charge in [0.15, 0.2) is 11.8 Å². The van der Waals surface area contributed by atoms with Crippen LogP contribution in [0.25, 0.3) is 11.1 Å². The Bertz CT molecular complexity index is 1360. The lowest BCUT2D eigenvalue weighted by Gasteiger charge is -2.13. The quantitative estimate of drug-likeness (QED) is 0.248. The molecule has 0 saturated heterocycles. The zero-order valence-corrected chi connectivity index (χ0v) is 18.8. The molecular formula is C26H21F3N6O. The van der Waals surface area contributed by atoms with Crippen LogP contribution in [0.3, 0.4) is 0 Å². The van der Waals surface area contributed by atoms with Crippen LogP contribution in [0, 0.1) is 0 Å². The molecule has 0 unspecified atom stereocenters. The van der Waals surface area contributed by atoms with Crippen LogP contribution in [-0.4, -0.2) is 21.8 Å². The molecule has 0 saturated carbocycles. The minimum absolute atomic E-state index is 0.149. The fourth-order valence-electron chi connectivity index (χ4n) is 3.39. The molecule has 36 heavy (non-hydrogen) atoms. The van der Waals surface area contributed by atoms with Gasteiger partial charge in [-0.25, -0.2) is 4.98 Å². The van der Waals surface area contributed by atoms with Gasteiger partial charge >= 0.3 is 6.18 Å². The lowest BCUT2D eigenvalue weighted by atomic mass is 10.1. The maximum absolute atomic E-state index is 13.2. The number of alkyl halides is 3. The summed E-state index contributed by atoms with van der Waals surface area (Å²) in [6, 6.07) is 19.2. The standard InChI is InChI=1S/C26H21F3N6O/c27-26(28,29)21-5-1-2-6-22(21)34-25(30)35-23-12-9-19(16-32-23)18-7-10-20(11-8-18)33-24(36)14-17-4-3-13-31-15-17/h1-13,15-16H,14H2,(H,33,36)(H3,30,32,34,35). The molecule has 2 heterocycles. The Labute approximate surface area is 204 Å². The Kier molecular flexibility index (Phi) is 7.24. The number of aliphatic imine (C=N–C) groups is 1. The van der Waals surface area contributed by atoms with Crippen LogP contribution in [0.1, 0.15) is 11.1 Å².